The zero-order chi connectivity index (χ0) is 31.7. The maximum atomic E-state index is 16.9. The van der Waals surface area contributed by atoms with Gasteiger partial charge >= 0.3 is 6.01 Å². The van der Waals surface area contributed by atoms with Crippen LogP contribution in [0.1, 0.15) is 57.4 Å². The van der Waals surface area contributed by atoms with E-state index in [0.717, 1.165) is 51.5 Å². The van der Waals surface area contributed by atoms with Crippen molar-refractivity contribution in [3.63, 3.8) is 0 Å². The number of piperidine rings is 2. The van der Waals surface area contributed by atoms with Crippen molar-refractivity contribution in [1.29, 1.82) is 0 Å². The summed E-state index contributed by atoms with van der Waals surface area (Å²) in [6.07, 6.45) is 8.92. The van der Waals surface area contributed by atoms with E-state index in [0.29, 0.717) is 71.2 Å². The number of likely N-dealkylation sites (tertiary alicyclic amines) is 1. The molecule has 8 nitrogen and oxygen atoms in total. The van der Waals surface area contributed by atoms with Gasteiger partial charge < -0.3 is 24.7 Å². The van der Waals surface area contributed by atoms with Crippen molar-refractivity contribution >= 4 is 27.5 Å². The number of rotatable bonds is 6. The fraction of sp³-hybridized carbons (Fsp3) is 0.528. The molecule has 4 fully saturated rings. The summed E-state index contributed by atoms with van der Waals surface area (Å²) in [4.78, 5) is 18.8. The number of benzene rings is 2. The van der Waals surface area contributed by atoms with E-state index in [2.05, 4.69) is 26.8 Å². The Balaban J connectivity index is 1.27. The van der Waals surface area contributed by atoms with Crippen LogP contribution in [0.25, 0.3) is 32.9 Å². The SMILES string of the molecule is CCc1c(F)ccc2cc(O)cc(-c3ncc4c(N5CC6CC(O)C(C6)C5)nc(OCC56CCCC5N(C)CCC6)nc4c3F)c12. The Kier molecular flexibility index (Phi) is 7.28. The van der Waals surface area contributed by atoms with Gasteiger partial charge in [0, 0.05) is 42.2 Å². The van der Waals surface area contributed by atoms with Gasteiger partial charge in [0.25, 0.3) is 0 Å². The van der Waals surface area contributed by atoms with Gasteiger partial charge in [-0.1, -0.05) is 19.4 Å². The molecule has 242 valence electrons. The number of phenolic OH excluding ortho intramolecular Hbond substituents is 1. The van der Waals surface area contributed by atoms with Crippen LogP contribution in [-0.2, 0) is 6.42 Å². The Hall–Kier alpha value is -3.63. The first-order chi connectivity index (χ1) is 22.2. The molecule has 2 saturated heterocycles. The van der Waals surface area contributed by atoms with Gasteiger partial charge in [0.15, 0.2) is 5.82 Å². The third-order valence-electron chi connectivity index (χ3n) is 11.5. The minimum atomic E-state index is -0.668. The molecule has 4 aliphatic rings. The highest BCUT2D eigenvalue weighted by Crippen LogP contribution is 2.48. The average molecular weight is 630 g/mol. The number of pyridine rings is 1. The molecular formula is C36H41F2N5O3. The standard InChI is InChI=1S/C36H41F2N5O3/c1-3-24-27(37)8-7-21-14-23(44)15-25(30(21)24)32-31(38)33-26(16-39-32)34(43-17-20-12-22(18-43)28(45)13-20)41-35(40-33)46-19-36-9-4-6-29(36)42(2)11-5-10-36/h7-8,14-16,20,22,28-29,44-45H,3-6,9-13,17-19H2,1-2H3. The number of aryl methyl sites for hydroxylation is 1. The van der Waals surface area contributed by atoms with Crippen molar-refractivity contribution in [2.75, 3.05) is 38.2 Å². The molecule has 8 rings (SSSR count). The van der Waals surface area contributed by atoms with Gasteiger partial charge in [0.2, 0.25) is 0 Å². The third kappa shape index (κ3) is 4.78. The van der Waals surface area contributed by atoms with Crippen LogP contribution in [0, 0.1) is 28.9 Å². The number of fused-ring (bicyclic) bond motifs is 5. The van der Waals surface area contributed by atoms with E-state index < -0.39 is 5.82 Å². The molecule has 4 heterocycles. The molecule has 2 saturated carbocycles. The summed E-state index contributed by atoms with van der Waals surface area (Å²) in [6.45, 7) is 4.71. The van der Waals surface area contributed by atoms with Gasteiger partial charge in [-0.2, -0.15) is 9.97 Å². The first-order valence-corrected chi connectivity index (χ1v) is 16.8. The number of hydrogen-bond acceptors (Lipinski definition) is 8. The van der Waals surface area contributed by atoms with Crippen LogP contribution in [0.3, 0.4) is 0 Å². The molecule has 2 aliphatic carbocycles. The molecule has 2 N–H and O–H groups in total. The Morgan fingerprint density at radius 3 is 2.76 bits per heavy atom. The van der Waals surface area contributed by atoms with E-state index in [1.807, 2.05) is 6.92 Å². The number of aromatic hydroxyl groups is 1. The lowest BCUT2D eigenvalue weighted by molar-refractivity contribution is 0.0133. The number of anilines is 1. The Morgan fingerprint density at radius 1 is 1.09 bits per heavy atom. The number of hydrogen-bond donors (Lipinski definition) is 2. The lowest BCUT2D eigenvalue weighted by Crippen LogP contribution is -2.50. The van der Waals surface area contributed by atoms with E-state index in [9.17, 15) is 14.6 Å². The van der Waals surface area contributed by atoms with Crippen molar-refractivity contribution in [2.24, 2.45) is 17.3 Å². The summed E-state index contributed by atoms with van der Waals surface area (Å²) >= 11 is 0. The maximum absolute atomic E-state index is 16.9. The molecule has 2 aromatic carbocycles. The van der Waals surface area contributed by atoms with E-state index in [-0.39, 0.29) is 46.2 Å². The summed E-state index contributed by atoms with van der Waals surface area (Å²) in [7, 11) is 2.19. The van der Waals surface area contributed by atoms with Gasteiger partial charge in [-0.3, -0.25) is 4.98 Å². The largest absolute Gasteiger partial charge is 0.508 e. The molecule has 0 radical (unpaired) electrons. The number of aliphatic hydroxyl groups excluding tert-OH is 1. The Labute approximate surface area is 267 Å². The maximum Gasteiger partial charge on any atom is 0.319 e. The van der Waals surface area contributed by atoms with Crippen LogP contribution in [0.15, 0.2) is 30.5 Å². The highest BCUT2D eigenvalue weighted by atomic mass is 19.1. The van der Waals surface area contributed by atoms with Crippen molar-refractivity contribution in [2.45, 2.75) is 70.4 Å². The predicted molar refractivity (Wildman–Crippen MR) is 173 cm³/mol. The monoisotopic (exact) mass is 629 g/mol. The normalized spacial score (nSPS) is 27.9. The number of nitrogens with zero attached hydrogens (tertiary/aromatic N) is 5. The van der Waals surface area contributed by atoms with Gasteiger partial charge in [0.1, 0.15) is 28.6 Å². The second-order valence-corrected chi connectivity index (χ2v) is 14.2. The zero-order valence-corrected chi connectivity index (χ0v) is 26.5. The number of halogens is 2. The molecule has 0 amide bonds. The second kappa shape index (κ2) is 11.3. The molecule has 2 aromatic heterocycles. The summed E-state index contributed by atoms with van der Waals surface area (Å²) in [5.41, 5.74) is 0.831. The fourth-order valence-corrected chi connectivity index (χ4v) is 9.34. The summed E-state index contributed by atoms with van der Waals surface area (Å²) in [5, 5.41) is 22.8. The Bertz CT molecular complexity index is 1840. The van der Waals surface area contributed by atoms with Crippen molar-refractivity contribution in [3.05, 3.63) is 47.7 Å². The molecule has 0 spiro atoms. The first kappa shape index (κ1) is 29.8. The first-order valence-electron chi connectivity index (χ1n) is 16.8. The van der Waals surface area contributed by atoms with Gasteiger partial charge in [-0.15, -0.1) is 0 Å². The van der Waals surface area contributed by atoms with Gasteiger partial charge in [0.05, 0.1) is 18.1 Å². The van der Waals surface area contributed by atoms with Crippen LogP contribution in [-0.4, -0.2) is 75.5 Å². The fourth-order valence-electron chi connectivity index (χ4n) is 9.34. The number of aromatic nitrogens is 3. The van der Waals surface area contributed by atoms with Crippen LogP contribution < -0.4 is 9.64 Å². The number of phenols is 1. The molecule has 2 bridgehead atoms. The minimum absolute atomic E-state index is 0.0122. The molecular weight excluding hydrogens is 588 g/mol. The molecule has 5 atom stereocenters. The van der Waals surface area contributed by atoms with E-state index in [4.69, 9.17) is 9.72 Å². The summed E-state index contributed by atoms with van der Waals surface area (Å²) in [6, 6.07) is 6.54. The molecule has 10 heteroatoms. The van der Waals surface area contributed by atoms with Crippen molar-refractivity contribution < 1.29 is 23.7 Å². The van der Waals surface area contributed by atoms with Crippen LogP contribution >= 0.6 is 0 Å². The van der Waals surface area contributed by atoms with Crippen LogP contribution in [0.5, 0.6) is 11.8 Å². The second-order valence-electron chi connectivity index (χ2n) is 14.2. The smallest absolute Gasteiger partial charge is 0.319 e. The number of aliphatic hydroxyl groups is 1. The lowest BCUT2D eigenvalue weighted by atomic mass is 9.76. The lowest BCUT2D eigenvalue weighted by Gasteiger charge is -2.44. The zero-order valence-electron chi connectivity index (χ0n) is 26.5. The molecule has 46 heavy (non-hydrogen) atoms. The Morgan fingerprint density at radius 2 is 1.93 bits per heavy atom. The van der Waals surface area contributed by atoms with E-state index >= 15 is 4.39 Å². The summed E-state index contributed by atoms with van der Waals surface area (Å²) in [5.74, 6) is -0.0970. The highest BCUT2D eigenvalue weighted by molar-refractivity contribution is 6.01. The van der Waals surface area contributed by atoms with Gasteiger partial charge in [-0.25, -0.2) is 8.78 Å². The average Bonchev–Trinajstić information content (AvgIpc) is 3.60. The van der Waals surface area contributed by atoms with E-state index in [1.54, 1.807) is 18.3 Å². The third-order valence-corrected chi connectivity index (χ3v) is 11.5. The molecule has 5 unspecified atom stereocenters. The van der Waals surface area contributed by atoms with Crippen LogP contribution in [0.4, 0.5) is 14.6 Å². The van der Waals surface area contributed by atoms with Crippen molar-refractivity contribution in [3.8, 4) is 23.0 Å². The van der Waals surface area contributed by atoms with Crippen LogP contribution in [0.2, 0.25) is 0 Å². The highest BCUT2D eigenvalue weighted by Gasteiger charge is 2.47. The van der Waals surface area contributed by atoms with Crippen molar-refractivity contribution in [1.82, 2.24) is 19.9 Å². The topological polar surface area (TPSA) is 94.8 Å². The molecule has 2 aliphatic heterocycles. The van der Waals surface area contributed by atoms with Gasteiger partial charge in [-0.05, 0) is 99.0 Å². The predicted octanol–water partition coefficient (Wildman–Crippen LogP) is 6.24. The summed E-state index contributed by atoms with van der Waals surface area (Å²) < 4.78 is 38.4. The quantitative estimate of drug-likeness (QED) is 0.259. The van der Waals surface area contributed by atoms with E-state index in [1.165, 1.54) is 12.1 Å². The number of ether oxygens (including phenoxy) is 1. The molecule has 4 aromatic rings. The minimum Gasteiger partial charge on any atom is -0.508 e.